The van der Waals surface area contributed by atoms with Gasteiger partial charge in [0.25, 0.3) is 5.91 Å². The molecular formula is C25H24FN3O2. The first-order valence-electron chi connectivity index (χ1n) is 10.1. The van der Waals surface area contributed by atoms with Crippen molar-refractivity contribution in [3.63, 3.8) is 0 Å². The number of aromatic nitrogens is 1. The summed E-state index contributed by atoms with van der Waals surface area (Å²) in [6.07, 6.45) is 1.68. The zero-order valence-electron chi connectivity index (χ0n) is 18.0. The summed E-state index contributed by atoms with van der Waals surface area (Å²) in [4.78, 5) is 26.2. The van der Waals surface area contributed by atoms with Gasteiger partial charge in [0.2, 0.25) is 0 Å². The molecule has 0 atom stereocenters. The van der Waals surface area contributed by atoms with Gasteiger partial charge in [0.1, 0.15) is 11.5 Å². The molecule has 6 heteroatoms. The fraction of sp³-hybridized carbons (Fsp3) is 0.200. The van der Waals surface area contributed by atoms with Crippen LogP contribution >= 0.6 is 0 Å². The van der Waals surface area contributed by atoms with Crippen molar-refractivity contribution in [2.24, 2.45) is 0 Å². The van der Waals surface area contributed by atoms with Crippen LogP contribution in [0, 0.1) is 33.5 Å². The lowest BCUT2D eigenvalue weighted by Crippen LogP contribution is -2.30. The number of hydrogen-bond donors (Lipinski definition) is 1. The quantitative estimate of drug-likeness (QED) is 0.483. The number of benzene rings is 2. The molecule has 3 aromatic rings. The van der Waals surface area contributed by atoms with E-state index in [-0.39, 0.29) is 12.2 Å². The molecule has 0 bridgehead atoms. The van der Waals surface area contributed by atoms with Gasteiger partial charge >= 0.3 is 6.03 Å². The molecule has 5 nitrogen and oxygen atoms in total. The average molecular weight is 417 g/mol. The Labute approximate surface area is 180 Å². The van der Waals surface area contributed by atoms with E-state index in [0.717, 1.165) is 33.1 Å². The van der Waals surface area contributed by atoms with E-state index in [4.69, 9.17) is 0 Å². The zero-order chi connectivity index (χ0) is 22.3. The van der Waals surface area contributed by atoms with Gasteiger partial charge in [-0.3, -0.25) is 9.69 Å². The molecule has 158 valence electrons. The van der Waals surface area contributed by atoms with E-state index in [1.165, 1.54) is 11.6 Å². The number of nitrogens with one attached hydrogen (secondary N) is 1. The number of aryl methyl sites for hydroxylation is 3. The summed E-state index contributed by atoms with van der Waals surface area (Å²) in [6, 6.07) is 13.8. The average Bonchev–Trinajstić information content (AvgIpc) is 3.14. The van der Waals surface area contributed by atoms with Crippen LogP contribution < -0.4 is 5.32 Å². The number of nitrogens with zero attached hydrogens (tertiary/aromatic N) is 2. The summed E-state index contributed by atoms with van der Waals surface area (Å²) in [6.45, 7) is 8.01. The normalized spacial score (nSPS) is 15.1. The Morgan fingerprint density at radius 1 is 1.00 bits per heavy atom. The molecule has 0 spiro atoms. The number of carbonyl (C=O) groups excluding carboxylic acids is 2. The molecular weight excluding hydrogens is 393 g/mol. The van der Waals surface area contributed by atoms with Crippen molar-refractivity contribution in [3.8, 4) is 5.69 Å². The number of halogens is 1. The minimum Gasteiger partial charge on any atom is -0.318 e. The number of hydrogen-bond acceptors (Lipinski definition) is 2. The van der Waals surface area contributed by atoms with Crippen molar-refractivity contribution in [1.29, 1.82) is 0 Å². The van der Waals surface area contributed by atoms with E-state index in [1.54, 1.807) is 24.3 Å². The summed E-state index contributed by atoms with van der Waals surface area (Å²) >= 11 is 0. The smallest absolute Gasteiger partial charge is 0.318 e. The molecule has 1 aliphatic rings. The molecule has 0 aliphatic carbocycles. The van der Waals surface area contributed by atoms with Crippen molar-refractivity contribution < 1.29 is 14.0 Å². The molecule has 1 aliphatic heterocycles. The van der Waals surface area contributed by atoms with Crippen molar-refractivity contribution >= 4 is 18.0 Å². The maximum absolute atomic E-state index is 14.0. The minimum absolute atomic E-state index is 0.115. The summed E-state index contributed by atoms with van der Waals surface area (Å²) in [5.41, 5.74) is 6.73. The molecule has 31 heavy (non-hydrogen) atoms. The lowest BCUT2D eigenvalue weighted by molar-refractivity contribution is -0.123. The topological polar surface area (TPSA) is 54.3 Å². The van der Waals surface area contributed by atoms with Crippen molar-refractivity contribution in [2.75, 3.05) is 0 Å². The molecule has 1 saturated heterocycles. The lowest BCUT2D eigenvalue weighted by atomic mass is 10.1. The SMILES string of the molecule is Cc1ccc(-n2c(C)cc(C=C3NC(=O)N(Cc4ccccc4F)C3=O)c2C)c(C)c1. The van der Waals surface area contributed by atoms with Crippen molar-refractivity contribution in [1.82, 2.24) is 14.8 Å². The standard InChI is InChI=1S/C25H24FN3O2/c1-15-9-10-23(16(2)11-15)29-17(3)12-20(18(29)4)13-22-24(30)28(25(31)27-22)14-19-7-5-6-8-21(19)26/h5-13H,14H2,1-4H3,(H,27,31). The molecule has 0 unspecified atom stereocenters. The largest absolute Gasteiger partial charge is 0.329 e. The lowest BCUT2D eigenvalue weighted by Gasteiger charge is -2.13. The molecule has 4 rings (SSSR count). The third-order valence-electron chi connectivity index (χ3n) is 5.61. The first kappa shape index (κ1) is 20.6. The third-order valence-corrected chi connectivity index (χ3v) is 5.61. The van der Waals surface area contributed by atoms with Gasteiger partial charge in [-0.15, -0.1) is 0 Å². The molecule has 2 heterocycles. The zero-order valence-corrected chi connectivity index (χ0v) is 18.0. The number of rotatable bonds is 4. The number of imide groups is 1. The van der Waals surface area contributed by atoms with Crippen LogP contribution in [0.25, 0.3) is 11.8 Å². The Hall–Kier alpha value is -3.67. The van der Waals surface area contributed by atoms with E-state index in [1.807, 2.05) is 19.9 Å². The number of amides is 3. The van der Waals surface area contributed by atoms with E-state index >= 15 is 0 Å². The highest BCUT2D eigenvalue weighted by atomic mass is 19.1. The maximum atomic E-state index is 14.0. The summed E-state index contributed by atoms with van der Waals surface area (Å²) in [5, 5.41) is 2.62. The summed E-state index contributed by atoms with van der Waals surface area (Å²) in [5.74, 6) is -0.915. The second-order valence-corrected chi connectivity index (χ2v) is 7.92. The van der Waals surface area contributed by atoms with Gasteiger partial charge in [-0.2, -0.15) is 0 Å². The molecule has 0 saturated carbocycles. The molecule has 0 radical (unpaired) electrons. The predicted molar refractivity (Wildman–Crippen MR) is 118 cm³/mol. The van der Waals surface area contributed by atoms with Gasteiger partial charge in [0.05, 0.1) is 6.54 Å². The number of urea groups is 1. The Balaban J connectivity index is 1.66. The Morgan fingerprint density at radius 3 is 2.45 bits per heavy atom. The van der Waals surface area contributed by atoms with E-state index in [0.29, 0.717) is 5.56 Å². The van der Waals surface area contributed by atoms with Crippen LogP contribution in [0.1, 0.15) is 33.6 Å². The van der Waals surface area contributed by atoms with Crippen LogP contribution in [0.3, 0.4) is 0 Å². The molecule has 3 amide bonds. The highest BCUT2D eigenvalue weighted by molar-refractivity contribution is 6.14. The van der Waals surface area contributed by atoms with Gasteiger partial charge in [0.15, 0.2) is 0 Å². The third kappa shape index (κ3) is 3.77. The van der Waals surface area contributed by atoms with E-state index in [9.17, 15) is 14.0 Å². The first-order valence-corrected chi connectivity index (χ1v) is 10.1. The van der Waals surface area contributed by atoms with Crippen molar-refractivity contribution in [2.45, 2.75) is 34.2 Å². The van der Waals surface area contributed by atoms with Gasteiger partial charge in [-0.25, -0.2) is 9.18 Å². The van der Waals surface area contributed by atoms with Crippen LogP contribution in [0.15, 0.2) is 54.2 Å². The molecule has 1 aromatic heterocycles. The number of carbonyl (C=O) groups is 2. The highest BCUT2D eigenvalue weighted by Crippen LogP contribution is 2.26. The van der Waals surface area contributed by atoms with Crippen LogP contribution in [-0.2, 0) is 11.3 Å². The van der Waals surface area contributed by atoms with Gasteiger partial charge in [-0.1, -0.05) is 35.9 Å². The van der Waals surface area contributed by atoms with Crippen LogP contribution in [0.2, 0.25) is 0 Å². The predicted octanol–water partition coefficient (Wildman–Crippen LogP) is 4.94. The molecule has 1 N–H and O–H groups in total. The Bertz CT molecular complexity index is 1240. The fourth-order valence-corrected chi connectivity index (χ4v) is 4.03. The van der Waals surface area contributed by atoms with Gasteiger partial charge in [0, 0.05) is 22.6 Å². The summed E-state index contributed by atoms with van der Waals surface area (Å²) in [7, 11) is 0. The second kappa shape index (κ2) is 7.87. The minimum atomic E-state index is -0.553. The van der Waals surface area contributed by atoms with Gasteiger partial charge < -0.3 is 9.88 Å². The van der Waals surface area contributed by atoms with E-state index < -0.39 is 17.8 Å². The Morgan fingerprint density at radius 2 is 1.74 bits per heavy atom. The fourth-order valence-electron chi connectivity index (χ4n) is 4.03. The second-order valence-electron chi connectivity index (χ2n) is 7.92. The van der Waals surface area contributed by atoms with E-state index in [2.05, 4.69) is 41.9 Å². The monoisotopic (exact) mass is 417 g/mol. The molecule has 1 fully saturated rings. The van der Waals surface area contributed by atoms with Crippen molar-refractivity contribution in [3.05, 3.63) is 93.7 Å². The van der Waals surface area contributed by atoms with Gasteiger partial charge in [-0.05, 0) is 63.1 Å². The van der Waals surface area contributed by atoms with Crippen LogP contribution in [-0.4, -0.2) is 21.4 Å². The maximum Gasteiger partial charge on any atom is 0.329 e. The van der Waals surface area contributed by atoms with Crippen LogP contribution in [0.5, 0.6) is 0 Å². The van der Waals surface area contributed by atoms with Crippen LogP contribution in [0.4, 0.5) is 9.18 Å². The molecule has 2 aromatic carbocycles. The Kier molecular flexibility index (Phi) is 5.23. The summed E-state index contributed by atoms with van der Waals surface area (Å²) < 4.78 is 16.1. The highest BCUT2D eigenvalue weighted by Gasteiger charge is 2.34. The first-order chi connectivity index (χ1) is 14.8.